The topological polar surface area (TPSA) is 53.4 Å². The molecule has 1 aliphatic carbocycles. The van der Waals surface area contributed by atoms with E-state index in [1.807, 2.05) is 11.9 Å². The number of aromatic carboxylic acids is 1. The van der Waals surface area contributed by atoms with Crippen LogP contribution in [0.2, 0.25) is 0 Å². The monoisotopic (exact) mass is 206 g/mol. The smallest absolute Gasteiger partial charge is 0.337 e. The molecule has 1 heterocycles. The molecule has 1 fully saturated rings. The van der Waals surface area contributed by atoms with Crippen LogP contribution < -0.4 is 4.90 Å². The zero-order chi connectivity index (χ0) is 10.8. The van der Waals surface area contributed by atoms with E-state index < -0.39 is 5.97 Å². The van der Waals surface area contributed by atoms with Gasteiger partial charge < -0.3 is 10.0 Å². The number of carbonyl (C=O) groups is 1. The highest BCUT2D eigenvalue weighted by Crippen LogP contribution is 2.29. The molecule has 0 aromatic carbocycles. The summed E-state index contributed by atoms with van der Waals surface area (Å²) in [5.41, 5.74) is 1.05. The summed E-state index contributed by atoms with van der Waals surface area (Å²) in [7, 11) is 1.94. The molecule has 15 heavy (non-hydrogen) atoms. The average molecular weight is 206 g/mol. The third kappa shape index (κ3) is 1.79. The van der Waals surface area contributed by atoms with Gasteiger partial charge in [-0.3, -0.25) is 4.98 Å². The van der Waals surface area contributed by atoms with Crippen LogP contribution in [0, 0.1) is 0 Å². The van der Waals surface area contributed by atoms with Crippen molar-refractivity contribution in [1.29, 1.82) is 0 Å². The van der Waals surface area contributed by atoms with E-state index in [-0.39, 0.29) is 0 Å². The number of rotatable bonds is 3. The number of anilines is 1. The van der Waals surface area contributed by atoms with E-state index in [1.54, 1.807) is 12.3 Å². The van der Waals surface area contributed by atoms with Gasteiger partial charge >= 0.3 is 5.97 Å². The van der Waals surface area contributed by atoms with Crippen molar-refractivity contribution in [2.24, 2.45) is 0 Å². The molecule has 0 amide bonds. The molecule has 1 aromatic rings. The van der Waals surface area contributed by atoms with Gasteiger partial charge in [0.05, 0.1) is 17.4 Å². The molecule has 0 radical (unpaired) electrons. The fourth-order valence-electron chi connectivity index (χ4n) is 1.82. The zero-order valence-electron chi connectivity index (χ0n) is 8.68. The number of pyridine rings is 1. The van der Waals surface area contributed by atoms with Gasteiger partial charge in [-0.25, -0.2) is 4.79 Å². The lowest BCUT2D eigenvalue weighted by atomic mass is 9.91. The van der Waals surface area contributed by atoms with Gasteiger partial charge in [-0.05, 0) is 25.3 Å². The summed E-state index contributed by atoms with van der Waals surface area (Å²) in [6.07, 6.45) is 6.66. The molecule has 0 atom stereocenters. The van der Waals surface area contributed by atoms with Gasteiger partial charge in [0.15, 0.2) is 0 Å². The molecule has 0 unspecified atom stereocenters. The van der Waals surface area contributed by atoms with Crippen LogP contribution in [-0.4, -0.2) is 29.1 Å². The van der Waals surface area contributed by atoms with E-state index >= 15 is 0 Å². The summed E-state index contributed by atoms with van der Waals surface area (Å²) in [4.78, 5) is 17.0. The molecule has 1 N–H and O–H groups in total. The molecule has 4 heteroatoms. The number of nitrogens with zero attached hydrogens (tertiary/aromatic N) is 2. The van der Waals surface area contributed by atoms with E-state index in [4.69, 9.17) is 5.11 Å². The minimum atomic E-state index is -0.890. The summed E-state index contributed by atoms with van der Waals surface area (Å²) in [5.74, 6) is -0.890. The maximum absolute atomic E-state index is 11.0. The number of carboxylic acids is 1. The number of carboxylic acid groups (broad SMARTS) is 1. The zero-order valence-corrected chi connectivity index (χ0v) is 8.68. The highest BCUT2D eigenvalue weighted by atomic mass is 16.4. The van der Waals surface area contributed by atoms with Gasteiger partial charge in [0, 0.05) is 19.3 Å². The van der Waals surface area contributed by atoms with E-state index in [9.17, 15) is 4.79 Å². The Balaban J connectivity index is 2.29. The molecule has 0 saturated heterocycles. The van der Waals surface area contributed by atoms with E-state index in [0.29, 0.717) is 11.6 Å². The fourth-order valence-corrected chi connectivity index (χ4v) is 1.82. The maximum atomic E-state index is 11.0. The molecule has 2 rings (SSSR count). The Bertz CT molecular complexity index is 375. The predicted molar refractivity (Wildman–Crippen MR) is 57.2 cm³/mol. The first-order valence-electron chi connectivity index (χ1n) is 5.10. The first kappa shape index (κ1) is 9.96. The molecular formula is C11H14N2O2. The van der Waals surface area contributed by atoms with Crippen LogP contribution in [0.4, 0.5) is 5.69 Å². The van der Waals surface area contributed by atoms with E-state index in [1.165, 1.54) is 12.6 Å². The van der Waals surface area contributed by atoms with Crippen molar-refractivity contribution in [2.75, 3.05) is 11.9 Å². The summed E-state index contributed by atoms with van der Waals surface area (Å²) in [6.45, 7) is 0. The van der Waals surface area contributed by atoms with Gasteiger partial charge in [-0.2, -0.15) is 0 Å². The minimum Gasteiger partial charge on any atom is -0.478 e. The highest BCUT2D eigenvalue weighted by molar-refractivity contribution is 5.94. The lowest BCUT2D eigenvalue weighted by molar-refractivity contribution is 0.0697. The Morgan fingerprint density at radius 3 is 2.87 bits per heavy atom. The Hall–Kier alpha value is -1.58. The van der Waals surface area contributed by atoms with Gasteiger partial charge in [0.1, 0.15) is 0 Å². The Morgan fingerprint density at radius 1 is 1.60 bits per heavy atom. The maximum Gasteiger partial charge on any atom is 0.337 e. The molecule has 1 saturated carbocycles. The first-order valence-corrected chi connectivity index (χ1v) is 5.10. The van der Waals surface area contributed by atoms with Gasteiger partial charge in [-0.15, -0.1) is 0 Å². The Morgan fingerprint density at radius 2 is 2.33 bits per heavy atom. The van der Waals surface area contributed by atoms with Crippen LogP contribution in [-0.2, 0) is 0 Å². The number of hydrogen-bond donors (Lipinski definition) is 1. The van der Waals surface area contributed by atoms with Crippen LogP contribution >= 0.6 is 0 Å². The summed E-state index contributed by atoms with van der Waals surface area (Å²) in [6, 6.07) is 2.03. The number of aromatic nitrogens is 1. The first-order chi connectivity index (χ1) is 7.20. The fraction of sp³-hybridized carbons (Fsp3) is 0.455. The second-order valence-electron chi connectivity index (χ2n) is 3.89. The van der Waals surface area contributed by atoms with Crippen molar-refractivity contribution >= 4 is 11.7 Å². The standard InChI is InChI=1S/C11H14N2O2/c1-13(8-3-2-4-8)10-7-12-6-5-9(10)11(14)15/h5-8H,2-4H2,1H3,(H,14,15). The van der Waals surface area contributed by atoms with Crippen LogP contribution in [0.15, 0.2) is 18.5 Å². The quantitative estimate of drug-likeness (QED) is 0.818. The highest BCUT2D eigenvalue weighted by Gasteiger charge is 2.25. The third-order valence-corrected chi connectivity index (χ3v) is 3.03. The summed E-state index contributed by atoms with van der Waals surface area (Å²) in [5, 5.41) is 9.03. The van der Waals surface area contributed by atoms with Crippen LogP contribution in [0.25, 0.3) is 0 Å². The molecule has 1 aliphatic rings. The van der Waals surface area contributed by atoms with Crippen molar-refractivity contribution in [2.45, 2.75) is 25.3 Å². The Labute approximate surface area is 88.6 Å². The van der Waals surface area contributed by atoms with Crippen molar-refractivity contribution in [3.63, 3.8) is 0 Å². The molecule has 0 aliphatic heterocycles. The van der Waals surface area contributed by atoms with Crippen molar-refractivity contribution < 1.29 is 9.90 Å². The normalized spacial score (nSPS) is 15.8. The van der Waals surface area contributed by atoms with Crippen molar-refractivity contribution in [3.8, 4) is 0 Å². The molecule has 1 aromatic heterocycles. The van der Waals surface area contributed by atoms with Gasteiger partial charge in [-0.1, -0.05) is 0 Å². The summed E-state index contributed by atoms with van der Waals surface area (Å²) < 4.78 is 0. The van der Waals surface area contributed by atoms with Crippen LogP contribution in [0.1, 0.15) is 29.6 Å². The van der Waals surface area contributed by atoms with Gasteiger partial charge in [0.25, 0.3) is 0 Å². The lowest BCUT2D eigenvalue weighted by Gasteiger charge is -2.36. The largest absolute Gasteiger partial charge is 0.478 e. The van der Waals surface area contributed by atoms with Crippen molar-refractivity contribution in [1.82, 2.24) is 4.98 Å². The van der Waals surface area contributed by atoms with Crippen LogP contribution in [0.5, 0.6) is 0 Å². The lowest BCUT2D eigenvalue weighted by Crippen LogP contribution is -2.38. The van der Waals surface area contributed by atoms with E-state index in [2.05, 4.69) is 4.98 Å². The molecule has 0 bridgehead atoms. The molecular weight excluding hydrogens is 192 g/mol. The van der Waals surface area contributed by atoms with Crippen LogP contribution in [0.3, 0.4) is 0 Å². The Kier molecular flexibility index (Phi) is 2.58. The van der Waals surface area contributed by atoms with Crippen molar-refractivity contribution in [3.05, 3.63) is 24.0 Å². The minimum absolute atomic E-state index is 0.333. The second kappa shape index (κ2) is 3.88. The number of hydrogen-bond acceptors (Lipinski definition) is 3. The van der Waals surface area contributed by atoms with Gasteiger partial charge in [0.2, 0.25) is 0 Å². The molecule has 80 valence electrons. The SMILES string of the molecule is CN(c1cnccc1C(=O)O)C1CCC1. The predicted octanol–water partition coefficient (Wildman–Crippen LogP) is 1.77. The second-order valence-corrected chi connectivity index (χ2v) is 3.89. The molecule has 0 spiro atoms. The van der Waals surface area contributed by atoms with E-state index in [0.717, 1.165) is 18.5 Å². The summed E-state index contributed by atoms with van der Waals surface area (Å²) >= 11 is 0. The average Bonchev–Trinajstić information content (AvgIpc) is 2.15. The molecule has 4 nitrogen and oxygen atoms in total. The third-order valence-electron chi connectivity index (χ3n) is 3.03.